The van der Waals surface area contributed by atoms with Crippen LogP contribution >= 0.6 is 15.9 Å². The van der Waals surface area contributed by atoms with Crippen LogP contribution in [0.15, 0.2) is 56.9 Å². The van der Waals surface area contributed by atoms with Gasteiger partial charge in [-0.15, -0.1) is 0 Å². The molecule has 1 fully saturated rings. The SMILES string of the molecule is CCCn1c(=O)c2[nH]c(-c3ccc(N(CCN4CCOCC4)C(=O)c4ccc(Br)nc4)nc3)cc2n(CCC)c1=O. The summed E-state index contributed by atoms with van der Waals surface area (Å²) in [7, 11) is 0. The molecule has 0 bridgehead atoms. The molecule has 12 heteroatoms. The van der Waals surface area contributed by atoms with Crippen LogP contribution in [0.1, 0.15) is 37.0 Å². The van der Waals surface area contributed by atoms with E-state index in [4.69, 9.17) is 4.74 Å². The van der Waals surface area contributed by atoms with Crippen molar-refractivity contribution in [3.8, 4) is 11.3 Å². The van der Waals surface area contributed by atoms with Gasteiger partial charge in [0.25, 0.3) is 11.5 Å². The molecule has 11 nitrogen and oxygen atoms in total. The van der Waals surface area contributed by atoms with Crippen molar-refractivity contribution in [3.05, 3.63) is 73.7 Å². The lowest BCUT2D eigenvalue weighted by Gasteiger charge is -2.29. The summed E-state index contributed by atoms with van der Waals surface area (Å²) in [5.41, 5.74) is 2.26. The second kappa shape index (κ2) is 12.9. The number of hydrogen-bond donors (Lipinski definition) is 1. The summed E-state index contributed by atoms with van der Waals surface area (Å²) in [6, 6.07) is 8.98. The van der Waals surface area contributed by atoms with Gasteiger partial charge in [-0.3, -0.25) is 28.5 Å². The fourth-order valence-electron chi connectivity index (χ4n) is 5.06. The number of aromatic amines is 1. The summed E-state index contributed by atoms with van der Waals surface area (Å²) in [5.74, 6) is 0.323. The van der Waals surface area contributed by atoms with Crippen molar-refractivity contribution in [1.82, 2.24) is 29.0 Å². The first-order chi connectivity index (χ1) is 19.9. The number of nitrogens with zero attached hydrogens (tertiary/aromatic N) is 6. The van der Waals surface area contributed by atoms with Gasteiger partial charge in [-0.25, -0.2) is 14.8 Å². The highest BCUT2D eigenvalue weighted by molar-refractivity contribution is 9.10. The van der Waals surface area contributed by atoms with Gasteiger partial charge in [0.05, 0.1) is 24.3 Å². The third-order valence-electron chi connectivity index (χ3n) is 7.20. The van der Waals surface area contributed by atoms with Crippen LogP contribution in [0.25, 0.3) is 22.3 Å². The second-order valence-corrected chi connectivity index (χ2v) is 10.8. The van der Waals surface area contributed by atoms with Gasteiger partial charge in [-0.2, -0.15) is 0 Å². The average molecular weight is 625 g/mol. The Kier molecular flexibility index (Phi) is 9.11. The van der Waals surface area contributed by atoms with Crippen LogP contribution in [0.2, 0.25) is 0 Å². The minimum Gasteiger partial charge on any atom is -0.379 e. The van der Waals surface area contributed by atoms with Crippen molar-refractivity contribution in [3.63, 3.8) is 0 Å². The van der Waals surface area contributed by atoms with Crippen molar-refractivity contribution in [2.45, 2.75) is 39.8 Å². The van der Waals surface area contributed by atoms with Crippen LogP contribution in [-0.4, -0.2) is 74.3 Å². The maximum Gasteiger partial charge on any atom is 0.331 e. The number of aromatic nitrogens is 5. The number of nitrogens with one attached hydrogen (secondary N) is 1. The third kappa shape index (κ3) is 6.19. The summed E-state index contributed by atoms with van der Waals surface area (Å²) in [5, 5.41) is 0. The lowest BCUT2D eigenvalue weighted by Crippen LogP contribution is -2.43. The molecule has 0 saturated carbocycles. The lowest BCUT2D eigenvalue weighted by atomic mass is 10.2. The maximum atomic E-state index is 13.6. The number of hydrogen-bond acceptors (Lipinski definition) is 7. The number of amides is 1. The standard InChI is InChI=1S/C29H34BrN7O4/c1-3-9-35-23-17-22(33-26(23)28(39)37(10-4-2)29(35)40)20-6-8-25(32-18-20)36(12-11-34-13-15-41-16-14-34)27(38)21-5-7-24(30)31-19-21/h5-8,17-19,33H,3-4,9-16H2,1-2H3. The Bertz CT molecular complexity index is 1620. The molecule has 1 aliphatic rings. The lowest BCUT2D eigenvalue weighted by molar-refractivity contribution is 0.0391. The zero-order chi connectivity index (χ0) is 28.9. The molecule has 0 radical (unpaired) electrons. The molecule has 5 heterocycles. The predicted octanol–water partition coefficient (Wildman–Crippen LogP) is 3.51. The van der Waals surface area contributed by atoms with Gasteiger partial charge < -0.3 is 9.72 Å². The van der Waals surface area contributed by atoms with Crippen LogP contribution in [-0.2, 0) is 17.8 Å². The number of morpholine rings is 1. The highest BCUT2D eigenvalue weighted by Gasteiger charge is 2.22. The summed E-state index contributed by atoms with van der Waals surface area (Å²) < 4.78 is 9.07. The zero-order valence-corrected chi connectivity index (χ0v) is 24.9. The fraction of sp³-hybridized carbons (Fsp3) is 0.414. The van der Waals surface area contributed by atoms with E-state index in [0.29, 0.717) is 78.5 Å². The molecule has 0 atom stereocenters. The number of pyridine rings is 2. The van der Waals surface area contributed by atoms with Crippen molar-refractivity contribution in [2.75, 3.05) is 44.3 Å². The Hall–Kier alpha value is -3.61. The van der Waals surface area contributed by atoms with Gasteiger partial charge in [0.15, 0.2) is 0 Å². The van der Waals surface area contributed by atoms with E-state index in [1.54, 1.807) is 40.1 Å². The van der Waals surface area contributed by atoms with Gasteiger partial charge in [0.1, 0.15) is 15.9 Å². The summed E-state index contributed by atoms with van der Waals surface area (Å²) in [4.78, 5) is 55.8. The molecule has 216 valence electrons. The van der Waals surface area contributed by atoms with E-state index in [0.717, 1.165) is 25.1 Å². The Labute approximate surface area is 245 Å². The maximum absolute atomic E-state index is 13.6. The molecule has 1 N–H and O–H groups in total. The first-order valence-electron chi connectivity index (χ1n) is 14.0. The van der Waals surface area contributed by atoms with Gasteiger partial charge >= 0.3 is 5.69 Å². The molecule has 0 spiro atoms. The van der Waals surface area contributed by atoms with E-state index in [-0.39, 0.29) is 17.2 Å². The predicted molar refractivity (Wildman–Crippen MR) is 162 cm³/mol. The minimum absolute atomic E-state index is 0.191. The molecule has 4 aromatic heterocycles. The normalized spacial score (nSPS) is 14.0. The Morgan fingerprint density at radius 3 is 2.41 bits per heavy atom. The molecule has 0 aromatic carbocycles. The Morgan fingerprint density at radius 1 is 1.00 bits per heavy atom. The zero-order valence-electron chi connectivity index (χ0n) is 23.3. The minimum atomic E-state index is -0.321. The van der Waals surface area contributed by atoms with Gasteiger partial charge in [-0.1, -0.05) is 13.8 Å². The van der Waals surface area contributed by atoms with Crippen molar-refractivity contribution < 1.29 is 9.53 Å². The first kappa shape index (κ1) is 28.9. The van der Waals surface area contributed by atoms with Crippen LogP contribution < -0.4 is 16.1 Å². The van der Waals surface area contributed by atoms with E-state index in [9.17, 15) is 14.4 Å². The molecular formula is C29H34BrN7O4. The fourth-order valence-corrected chi connectivity index (χ4v) is 5.29. The quantitative estimate of drug-likeness (QED) is 0.269. The highest BCUT2D eigenvalue weighted by Crippen LogP contribution is 2.24. The third-order valence-corrected chi connectivity index (χ3v) is 7.67. The van der Waals surface area contributed by atoms with Gasteiger partial charge in [0.2, 0.25) is 0 Å². The number of fused-ring (bicyclic) bond motifs is 1. The number of aryl methyl sites for hydroxylation is 1. The number of rotatable bonds is 10. The largest absolute Gasteiger partial charge is 0.379 e. The van der Waals surface area contributed by atoms with E-state index in [1.807, 2.05) is 26.0 Å². The van der Waals surface area contributed by atoms with Crippen molar-refractivity contribution >= 4 is 38.7 Å². The van der Waals surface area contributed by atoms with E-state index in [1.165, 1.54) is 4.57 Å². The van der Waals surface area contributed by atoms with Crippen molar-refractivity contribution in [1.29, 1.82) is 0 Å². The molecular weight excluding hydrogens is 590 g/mol. The summed E-state index contributed by atoms with van der Waals surface area (Å²) >= 11 is 3.33. The summed E-state index contributed by atoms with van der Waals surface area (Å²) in [6.07, 6.45) is 4.68. The number of halogens is 1. The highest BCUT2D eigenvalue weighted by atomic mass is 79.9. The topological polar surface area (TPSA) is 118 Å². The van der Waals surface area contributed by atoms with Gasteiger partial charge in [-0.05, 0) is 59.1 Å². The van der Waals surface area contributed by atoms with Crippen LogP contribution in [0, 0.1) is 0 Å². The number of ether oxygens (including phenoxy) is 1. The molecule has 5 rings (SSSR count). The number of H-pyrrole nitrogens is 1. The van der Waals surface area contributed by atoms with E-state index >= 15 is 0 Å². The Balaban J connectivity index is 1.48. The second-order valence-electron chi connectivity index (χ2n) is 10.0. The van der Waals surface area contributed by atoms with Crippen LogP contribution in [0.5, 0.6) is 0 Å². The van der Waals surface area contributed by atoms with E-state index in [2.05, 4.69) is 35.8 Å². The molecule has 0 unspecified atom stereocenters. The van der Waals surface area contributed by atoms with Crippen molar-refractivity contribution in [2.24, 2.45) is 0 Å². The average Bonchev–Trinajstić information content (AvgIpc) is 3.44. The number of anilines is 1. The molecule has 41 heavy (non-hydrogen) atoms. The molecule has 1 saturated heterocycles. The van der Waals surface area contributed by atoms with E-state index < -0.39 is 0 Å². The summed E-state index contributed by atoms with van der Waals surface area (Å²) in [6.45, 7) is 8.95. The van der Waals surface area contributed by atoms with Gasteiger partial charge in [0, 0.05) is 62.9 Å². The molecule has 1 amide bonds. The number of carbonyl (C=O) groups is 1. The first-order valence-corrected chi connectivity index (χ1v) is 14.8. The number of carbonyl (C=O) groups excluding carboxylic acids is 1. The molecule has 4 aromatic rings. The molecule has 0 aliphatic carbocycles. The van der Waals surface area contributed by atoms with Crippen LogP contribution in [0.3, 0.4) is 0 Å². The van der Waals surface area contributed by atoms with Crippen LogP contribution in [0.4, 0.5) is 5.82 Å². The monoisotopic (exact) mass is 623 g/mol. The smallest absolute Gasteiger partial charge is 0.331 e. The molecule has 1 aliphatic heterocycles. The Morgan fingerprint density at radius 2 is 1.76 bits per heavy atom.